The van der Waals surface area contributed by atoms with E-state index in [0.29, 0.717) is 12.5 Å². The van der Waals surface area contributed by atoms with Crippen LogP contribution in [0.15, 0.2) is 24.3 Å². The van der Waals surface area contributed by atoms with Crippen LogP contribution in [0.25, 0.3) is 0 Å². The summed E-state index contributed by atoms with van der Waals surface area (Å²) in [5, 5.41) is 3.30. The van der Waals surface area contributed by atoms with Crippen molar-refractivity contribution in [2.24, 2.45) is 5.92 Å². The molecule has 4 nitrogen and oxygen atoms in total. The Morgan fingerprint density at radius 2 is 2.00 bits per heavy atom. The van der Waals surface area contributed by atoms with Gasteiger partial charge in [0, 0.05) is 38.6 Å². The Hall–Kier alpha value is -1.39. The molecule has 2 saturated heterocycles. The molecule has 0 unspecified atom stereocenters. The van der Waals surface area contributed by atoms with Gasteiger partial charge in [0.2, 0.25) is 0 Å². The van der Waals surface area contributed by atoms with E-state index in [9.17, 15) is 4.79 Å². The quantitative estimate of drug-likeness (QED) is 0.823. The van der Waals surface area contributed by atoms with Crippen molar-refractivity contribution in [3.05, 3.63) is 35.4 Å². The molecular weight excluding hydrogens is 252 g/mol. The lowest BCUT2D eigenvalue weighted by atomic mass is 9.92. The van der Waals surface area contributed by atoms with Gasteiger partial charge in [0.25, 0.3) is 0 Å². The fourth-order valence-corrected chi connectivity index (χ4v) is 2.79. The minimum absolute atomic E-state index is 0.0448. The van der Waals surface area contributed by atoms with Crippen LogP contribution in [-0.2, 0) is 16.1 Å². The number of ether oxygens (including phenoxy) is 1. The average molecular weight is 274 g/mol. The second-order valence-corrected chi connectivity index (χ2v) is 5.74. The van der Waals surface area contributed by atoms with Crippen LogP contribution in [0.5, 0.6) is 0 Å². The molecule has 0 bridgehead atoms. The molecule has 4 heteroatoms. The Kier molecular flexibility index (Phi) is 4.03. The summed E-state index contributed by atoms with van der Waals surface area (Å²) in [6.07, 6.45) is 0. The van der Waals surface area contributed by atoms with E-state index in [4.69, 9.17) is 4.74 Å². The normalized spacial score (nSPS) is 20.2. The van der Waals surface area contributed by atoms with Crippen LogP contribution in [0.2, 0.25) is 0 Å². The fraction of sp³-hybridized carbons (Fsp3) is 0.562. The molecule has 2 fully saturated rings. The maximum Gasteiger partial charge on any atom is 0.311 e. The van der Waals surface area contributed by atoms with E-state index in [-0.39, 0.29) is 11.9 Å². The number of carbonyl (C=O) groups excluding carboxylic acids is 1. The molecule has 2 heterocycles. The molecule has 0 spiro atoms. The van der Waals surface area contributed by atoms with Crippen molar-refractivity contribution in [1.82, 2.24) is 10.2 Å². The molecule has 20 heavy (non-hydrogen) atoms. The summed E-state index contributed by atoms with van der Waals surface area (Å²) in [7, 11) is 0. The van der Waals surface area contributed by atoms with Gasteiger partial charge in [0.15, 0.2) is 0 Å². The van der Waals surface area contributed by atoms with E-state index >= 15 is 0 Å². The number of carbonyl (C=O) groups is 1. The first-order valence-corrected chi connectivity index (χ1v) is 7.45. The van der Waals surface area contributed by atoms with E-state index in [1.54, 1.807) is 0 Å². The summed E-state index contributed by atoms with van der Waals surface area (Å²) in [6, 6.07) is 8.91. The summed E-state index contributed by atoms with van der Waals surface area (Å²) >= 11 is 0. The SMILES string of the molecule is CCOC(=O)C1CN(Cc2ccc(C3CNC3)cc2)C1. The van der Waals surface area contributed by atoms with E-state index in [2.05, 4.69) is 34.5 Å². The van der Waals surface area contributed by atoms with Gasteiger partial charge >= 0.3 is 5.97 Å². The largest absolute Gasteiger partial charge is 0.466 e. The van der Waals surface area contributed by atoms with Gasteiger partial charge in [-0.3, -0.25) is 9.69 Å². The lowest BCUT2D eigenvalue weighted by molar-refractivity contribution is -0.154. The zero-order valence-corrected chi connectivity index (χ0v) is 12.0. The van der Waals surface area contributed by atoms with Gasteiger partial charge < -0.3 is 10.1 Å². The Balaban J connectivity index is 1.46. The summed E-state index contributed by atoms with van der Waals surface area (Å²) in [5.74, 6) is 0.730. The van der Waals surface area contributed by atoms with Gasteiger partial charge in [-0.15, -0.1) is 0 Å². The highest BCUT2D eigenvalue weighted by Crippen LogP contribution is 2.23. The number of benzene rings is 1. The Morgan fingerprint density at radius 1 is 1.30 bits per heavy atom. The first-order chi connectivity index (χ1) is 9.76. The molecule has 2 aliphatic rings. The highest BCUT2D eigenvalue weighted by Gasteiger charge is 2.33. The third-order valence-corrected chi connectivity index (χ3v) is 4.22. The predicted octanol–water partition coefficient (Wildman–Crippen LogP) is 1.37. The Morgan fingerprint density at radius 3 is 2.55 bits per heavy atom. The number of hydrogen-bond donors (Lipinski definition) is 1. The predicted molar refractivity (Wildman–Crippen MR) is 77.5 cm³/mol. The molecular formula is C16H22N2O2. The monoisotopic (exact) mass is 274 g/mol. The minimum atomic E-state index is -0.0448. The van der Waals surface area contributed by atoms with Gasteiger partial charge in [-0.1, -0.05) is 24.3 Å². The summed E-state index contributed by atoms with van der Waals surface area (Å²) < 4.78 is 5.03. The molecule has 1 aromatic rings. The van der Waals surface area contributed by atoms with Crippen LogP contribution in [0.3, 0.4) is 0 Å². The summed E-state index contributed by atoms with van der Waals surface area (Å²) in [6.45, 7) is 7.12. The van der Waals surface area contributed by atoms with Crippen LogP contribution >= 0.6 is 0 Å². The zero-order chi connectivity index (χ0) is 13.9. The van der Waals surface area contributed by atoms with Crippen LogP contribution in [0, 0.1) is 5.92 Å². The van der Waals surface area contributed by atoms with Gasteiger partial charge in [-0.25, -0.2) is 0 Å². The lowest BCUT2D eigenvalue weighted by Gasteiger charge is -2.37. The molecule has 1 aromatic carbocycles. The van der Waals surface area contributed by atoms with E-state index < -0.39 is 0 Å². The number of rotatable bonds is 5. The summed E-state index contributed by atoms with van der Waals surface area (Å²) in [5.41, 5.74) is 2.75. The van der Waals surface area contributed by atoms with Crippen LogP contribution in [-0.4, -0.2) is 43.7 Å². The van der Waals surface area contributed by atoms with Crippen LogP contribution in [0.4, 0.5) is 0 Å². The van der Waals surface area contributed by atoms with Crippen molar-refractivity contribution in [3.63, 3.8) is 0 Å². The second-order valence-electron chi connectivity index (χ2n) is 5.74. The highest BCUT2D eigenvalue weighted by atomic mass is 16.5. The van der Waals surface area contributed by atoms with Crippen LogP contribution in [0.1, 0.15) is 24.0 Å². The maximum absolute atomic E-state index is 11.5. The molecule has 3 rings (SSSR count). The maximum atomic E-state index is 11.5. The van der Waals surface area contributed by atoms with Crippen molar-refractivity contribution in [3.8, 4) is 0 Å². The van der Waals surface area contributed by atoms with Crippen molar-refractivity contribution >= 4 is 5.97 Å². The summed E-state index contributed by atoms with van der Waals surface area (Å²) in [4.78, 5) is 13.8. The van der Waals surface area contributed by atoms with E-state index in [0.717, 1.165) is 32.7 Å². The Bertz CT molecular complexity index is 462. The highest BCUT2D eigenvalue weighted by molar-refractivity contribution is 5.74. The fourth-order valence-electron chi connectivity index (χ4n) is 2.79. The molecule has 0 saturated carbocycles. The number of nitrogens with one attached hydrogen (secondary N) is 1. The smallest absolute Gasteiger partial charge is 0.311 e. The van der Waals surface area contributed by atoms with Gasteiger partial charge in [0.05, 0.1) is 12.5 Å². The van der Waals surface area contributed by atoms with E-state index in [1.165, 1.54) is 11.1 Å². The standard InChI is InChI=1S/C16H22N2O2/c1-2-20-16(19)15-10-18(11-15)9-12-3-5-13(6-4-12)14-7-17-8-14/h3-6,14-15,17H,2,7-11H2,1H3. The topological polar surface area (TPSA) is 41.6 Å². The lowest BCUT2D eigenvalue weighted by Crippen LogP contribution is -2.50. The van der Waals surface area contributed by atoms with Crippen molar-refractivity contribution < 1.29 is 9.53 Å². The average Bonchev–Trinajstić information content (AvgIpc) is 2.33. The third-order valence-electron chi connectivity index (χ3n) is 4.22. The van der Waals surface area contributed by atoms with Crippen LogP contribution < -0.4 is 5.32 Å². The van der Waals surface area contributed by atoms with Crippen molar-refractivity contribution in [2.75, 3.05) is 32.8 Å². The number of nitrogens with zero attached hydrogens (tertiary/aromatic N) is 1. The molecule has 1 N–H and O–H groups in total. The molecule has 108 valence electrons. The molecule has 0 atom stereocenters. The molecule has 0 radical (unpaired) electrons. The molecule has 0 amide bonds. The number of hydrogen-bond acceptors (Lipinski definition) is 4. The van der Waals surface area contributed by atoms with Gasteiger partial charge in [0.1, 0.15) is 0 Å². The van der Waals surface area contributed by atoms with Crippen molar-refractivity contribution in [2.45, 2.75) is 19.4 Å². The number of esters is 1. The van der Waals surface area contributed by atoms with Gasteiger partial charge in [-0.05, 0) is 18.1 Å². The second kappa shape index (κ2) is 5.94. The third kappa shape index (κ3) is 2.86. The van der Waals surface area contributed by atoms with E-state index in [1.807, 2.05) is 6.92 Å². The van der Waals surface area contributed by atoms with Gasteiger partial charge in [-0.2, -0.15) is 0 Å². The Labute approximate surface area is 120 Å². The van der Waals surface area contributed by atoms with Crippen molar-refractivity contribution in [1.29, 1.82) is 0 Å². The zero-order valence-electron chi connectivity index (χ0n) is 12.0. The molecule has 0 aliphatic carbocycles. The minimum Gasteiger partial charge on any atom is -0.466 e. The molecule has 2 aliphatic heterocycles. The first-order valence-electron chi connectivity index (χ1n) is 7.45. The first kappa shape index (κ1) is 13.6. The molecule has 0 aromatic heterocycles. The number of likely N-dealkylation sites (tertiary alicyclic amines) is 1.